The van der Waals surface area contributed by atoms with Crippen LogP contribution >= 0.6 is 11.3 Å². The zero-order valence-electron chi connectivity index (χ0n) is 15.1. The number of nitrogens with one attached hydrogen (secondary N) is 1. The first-order valence-electron chi connectivity index (χ1n) is 9.24. The van der Waals surface area contributed by atoms with E-state index in [9.17, 15) is 9.59 Å². The summed E-state index contributed by atoms with van der Waals surface area (Å²) in [5.41, 5.74) is 4.16. The van der Waals surface area contributed by atoms with Gasteiger partial charge in [-0.3, -0.25) is 9.59 Å². The van der Waals surface area contributed by atoms with Crippen LogP contribution in [0.2, 0.25) is 0 Å². The summed E-state index contributed by atoms with van der Waals surface area (Å²) in [4.78, 5) is 30.9. The molecule has 136 valence electrons. The van der Waals surface area contributed by atoms with Crippen molar-refractivity contribution in [2.75, 3.05) is 16.8 Å². The van der Waals surface area contributed by atoms with Crippen LogP contribution in [-0.4, -0.2) is 23.3 Å². The highest BCUT2D eigenvalue weighted by molar-refractivity contribution is 7.14. The van der Waals surface area contributed by atoms with E-state index in [4.69, 9.17) is 0 Å². The summed E-state index contributed by atoms with van der Waals surface area (Å²) >= 11 is 1.44. The Kier molecular flexibility index (Phi) is 4.53. The molecule has 6 heteroatoms. The summed E-state index contributed by atoms with van der Waals surface area (Å²) in [7, 11) is 0. The van der Waals surface area contributed by atoms with E-state index < -0.39 is 0 Å². The number of aryl methyl sites for hydroxylation is 1. The maximum Gasteiger partial charge on any atom is 0.230 e. The third-order valence-corrected chi connectivity index (χ3v) is 5.70. The van der Waals surface area contributed by atoms with Crippen LogP contribution in [-0.2, 0) is 16.0 Å². The third kappa shape index (κ3) is 3.38. The average molecular weight is 369 g/mol. The van der Waals surface area contributed by atoms with Gasteiger partial charge in [-0.25, -0.2) is 4.98 Å². The van der Waals surface area contributed by atoms with Crippen LogP contribution in [0.5, 0.6) is 0 Å². The lowest BCUT2D eigenvalue weighted by atomic mass is 9.98. The van der Waals surface area contributed by atoms with E-state index in [1.807, 2.05) is 30.2 Å². The van der Waals surface area contributed by atoms with Gasteiger partial charge in [0.1, 0.15) is 0 Å². The van der Waals surface area contributed by atoms with Crippen molar-refractivity contribution in [3.63, 3.8) is 0 Å². The standard InChI is InChI=1S/C20H23N3O2S/c1-12(2)18(24)22-20-21-16(11-26-20)14-7-8-17-15(10-14)4-3-9-23(17)19(25)13-5-6-13/h7-8,10-13H,3-6,9H2,1-2H3,(H,21,22,24). The maximum absolute atomic E-state index is 12.5. The van der Waals surface area contributed by atoms with Crippen LogP contribution in [0.4, 0.5) is 10.8 Å². The van der Waals surface area contributed by atoms with E-state index in [2.05, 4.69) is 22.4 Å². The predicted octanol–water partition coefficient (Wildman–Crippen LogP) is 4.09. The van der Waals surface area contributed by atoms with E-state index in [1.165, 1.54) is 16.9 Å². The summed E-state index contributed by atoms with van der Waals surface area (Å²) in [6.45, 7) is 4.55. The summed E-state index contributed by atoms with van der Waals surface area (Å²) < 4.78 is 0. The molecule has 0 atom stereocenters. The van der Waals surface area contributed by atoms with Crippen LogP contribution in [0.15, 0.2) is 23.6 Å². The minimum atomic E-state index is -0.0684. The molecular weight excluding hydrogens is 346 g/mol. The number of amides is 2. The topological polar surface area (TPSA) is 62.3 Å². The lowest BCUT2D eigenvalue weighted by molar-refractivity contribution is -0.120. The first-order valence-corrected chi connectivity index (χ1v) is 10.1. The second-order valence-electron chi connectivity index (χ2n) is 7.39. The van der Waals surface area contributed by atoms with Crippen molar-refractivity contribution in [3.8, 4) is 11.3 Å². The highest BCUT2D eigenvalue weighted by Crippen LogP contribution is 2.37. The molecule has 2 heterocycles. The summed E-state index contributed by atoms with van der Waals surface area (Å²) in [6.07, 6.45) is 4.05. The van der Waals surface area contributed by atoms with Gasteiger partial charge in [0.15, 0.2) is 5.13 Å². The number of hydrogen-bond acceptors (Lipinski definition) is 4. The van der Waals surface area contributed by atoms with Crippen molar-refractivity contribution in [3.05, 3.63) is 29.1 Å². The van der Waals surface area contributed by atoms with Crippen LogP contribution in [0.1, 0.15) is 38.7 Å². The molecule has 1 aliphatic carbocycles. The number of anilines is 2. The zero-order chi connectivity index (χ0) is 18.3. The molecule has 0 saturated heterocycles. The van der Waals surface area contributed by atoms with Crippen molar-refractivity contribution in [1.29, 1.82) is 0 Å². The highest BCUT2D eigenvalue weighted by atomic mass is 32.1. The number of rotatable bonds is 4. The number of fused-ring (bicyclic) bond motifs is 1. The van der Waals surface area contributed by atoms with Crippen LogP contribution in [0, 0.1) is 11.8 Å². The number of benzene rings is 1. The summed E-state index contributed by atoms with van der Waals surface area (Å²) in [6, 6.07) is 6.22. The normalized spacial score (nSPS) is 16.5. The highest BCUT2D eigenvalue weighted by Gasteiger charge is 2.35. The molecule has 4 rings (SSSR count). The number of carbonyl (C=O) groups is 2. The quantitative estimate of drug-likeness (QED) is 0.883. The predicted molar refractivity (Wildman–Crippen MR) is 104 cm³/mol. The lowest BCUT2D eigenvalue weighted by Gasteiger charge is -2.30. The van der Waals surface area contributed by atoms with Crippen molar-refractivity contribution in [1.82, 2.24) is 4.98 Å². The van der Waals surface area contributed by atoms with Crippen LogP contribution in [0.3, 0.4) is 0 Å². The smallest absolute Gasteiger partial charge is 0.230 e. The van der Waals surface area contributed by atoms with Gasteiger partial charge in [0, 0.05) is 35.0 Å². The Balaban J connectivity index is 1.56. The van der Waals surface area contributed by atoms with Crippen molar-refractivity contribution < 1.29 is 9.59 Å². The molecular formula is C20H23N3O2S. The van der Waals surface area contributed by atoms with Crippen molar-refractivity contribution in [2.45, 2.75) is 39.5 Å². The number of hydrogen-bond donors (Lipinski definition) is 1. The molecule has 0 spiro atoms. The third-order valence-electron chi connectivity index (χ3n) is 4.95. The first kappa shape index (κ1) is 17.2. The molecule has 1 aliphatic heterocycles. The molecule has 0 bridgehead atoms. The van der Waals surface area contributed by atoms with Gasteiger partial charge in [0.2, 0.25) is 11.8 Å². The Morgan fingerprint density at radius 3 is 2.85 bits per heavy atom. The van der Waals surface area contributed by atoms with Gasteiger partial charge >= 0.3 is 0 Å². The Morgan fingerprint density at radius 2 is 2.12 bits per heavy atom. The Morgan fingerprint density at radius 1 is 1.31 bits per heavy atom. The molecule has 1 aromatic carbocycles. The second kappa shape index (κ2) is 6.83. The molecule has 2 aliphatic rings. The Hall–Kier alpha value is -2.21. The number of thiazole rings is 1. The molecule has 0 radical (unpaired) electrons. The molecule has 26 heavy (non-hydrogen) atoms. The maximum atomic E-state index is 12.5. The van der Waals surface area contributed by atoms with Gasteiger partial charge in [-0.1, -0.05) is 19.9 Å². The minimum Gasteiger partial charge on any atom is -0.312 e. The summed E-state index contributed by atoms with van der Waals surface area (Å²) in [5, 5.41) is 5.44. The van der Waals surface area contributed by atoms with E-state index in [0.717, 1.165) is 49.2 Å². The van der Waals surface area contributed by atoms with E-state index in [-0.39, 0.29) is 23.7 Å². The number of carbonyl (C=O) groups excluding carboxylic acids is 2. The first-order chi connectivity index (χ1) is 12.5. The van der Waals surface area contributed by atoms with Gasteiger partial charge in [0.05, 0.1) is 5.69 Å². The van der Waals surface area contributed by atoms with E-state index in [0.29, 0.717) is 5.13 Å². The average Bonchev–Trinajstić information content (AvgIpc) is 3.39. The van der Waals surface area contributed by atoms with E-state index in [1.54, 1.807) is 0 Å². The molecule has 1 aromatic heterocycles. The number of aromatic nitrogens is 1. The van der Waals surface area contributed by atoms with Crippen molar-refractivity contribution >= 4 is 34.0 Å². The van der Waals surface area contributed by atoms with Crippen molar-refractivity contribution in [2.24, 2.45) is 11.8 Å². The van der Waals surface area contributed by atoms with E-state index >= 15 is 0 Å². The van der Waals surface area contributed by atoms with Gasteiger partial charge in [-0.2, -0.15) is 0 Å². The van der Waals surface area contributed by atoms with Gasteiger partial charge in [-0.05, 0) is 43.4 Å². The fourth-order valence-corrected chi connectivity index (χ4v) is 3.97. The van der Waals surface area contributed by atoms with Gasteiger partial charge in [-0.15, -0.1) is 11.3 Å². The molecule has 2 amide bonds. The van der Waals surface area contributed by atoms with Crippen LogP contribution in [0.25, 0.3) is 11.3 Å². The SMILES string of the molecule is CC(C)C(=O)Nc1nc(-c2ccc3c(c2)CCCN3C(=O)C2CC2)cs1. The fourth-order valence-electron chi connectivity index (χ4n) is 3.25. The van der Waals surface area contributed by atoms with Gasteiger partial charge in [0.25, 0.3) is 0 Å². The Bertz CT molecular complexity index is 854. The monoisotopic (exact) mass is 369 g/mol. The fraction of sp³-hybridized carbons (Fsp3) is 0.450. The van der Waals surface area contributed by atoms with Crippen LogP contribution < -0.4 is 10.2 Å². The van der Waals surface area contributed by atoms with Gasteiger partial charge < -0.3 is 10.2 Å². The zero-order valence-corrected chi connectivity index (χ0v) is 15.9. The molecule has 5 nitrogen and oxygen atoms in total. The Labute approximate surface area is 157 Å². The molecule has 1 N–H and O–H groups in total. The molecule has 0 unspecified atom stereocenters. The molecule has 2 aromatic rings. The largest absolute Gasteiger partial charge is 0.312 e. The number of nitrogens with zero attached hydrogens (tertiary/aromatic N) is 2. The molecule has 1 saturated carbocycles. The second-order valence-corrected chi connectivity index (χ2v) is 8.25. The molecule has 1 fully saturated rings. The minimum absolute atomic E-state index is 0.0226. The lowest BCUT2D eigenvalue weighted by Crippen LogP contribution is -2.36. The summed E-state index contributed by atoms with van der Waals surface area (Å²) in [5.74, 6) is 0.434.